The monoisotopic (exact) mass is 448 g/mol. The molecular formula is C22H17BrN4O2. The van der Waals surface area contributed by atoms with Crippen molar-refractivity contribution >= 4 is 32.7 Å². The van der Waals surface area contributed by atoms with Crippen molar-refractivity contribution < 1.29 is 4.79 Å². The van der Waals surface area contributed by atoms with Crippen molar-refractivity contribution in [2.45, 2.75) is 13.0 Å². The Balaban J connectivity index is 1.49. The zero-order valence-corrected chi connectivity index (χ0v) is 17.0. The minimum Gasteiger partial charge on any atom is -0.357 e. The second kappa shape index (κ2) is 7.00. The first-order valence-electron chi connectivity index (χ1n) is 9.35. The second-order valence-corrected chi connectivity index (χ2v) is 7.88. The highest BCUT2D eigenvalue weighted by molar-refractivity contribution is 9.10. The molecule has 0 atom stereocenters. The maximum Gasteiger partial charge on any atom is 0.274 e. The number of nitrogens with zero attached hydrogens (tertiary/aromatic N) is 3. The van der Waals surface area contributed by atoms with Gasteiger partial charge in [-0.05, 0) is 40.2 Å². The Kier molecular flexibility index (Phi) is 4.32. The van der Waals surface area contributed by atoms with Crippen LogP contribution >= 0.6 is 15.9 Å². The maximum atomic E-state index is 13.2. The van der Waals surface area contributed by atoms with Crippen molar-refractivity contribution in [3.63, 3.8) is 0 Å². The van der Waals surface area contributed by atoms with Crippen LogP contribution in [0, 0.1) is 0 Å². The Labute approximate surface area is 174 Å². The van der Waals surface area contributed by atoms with Gasteiger partial charge in [-0.1, -0.05) is 30.3 Å². The van der Waals surface area contributed by atoms with Crippen LogP contribution in [0.3, 0.4) is 0 Å². The molecule has 6 nitrogen and oxygen atoms in total. The smallest absolute Gasteiger partial charge is 0.274 e. The molecule has 0 spiro atoms. The van der Waals surface area contributed by atoms with E-state index in [0.717, 1.165) is 33.1 Å². The number of nitrogens with one attached hydrogen (secondary N) is 1. The molecule has 2 aromatic carbocycles. The lowest BCUT2D eigenvalue weighted by atomic mass is 10.0. The molecule has 7 heteroatoms. The second-order valence-electron chi connectivity index (χ2n) is 7.03. The fourth-order valence-corrected chi connectivity index (χ4v) is 4.28. The first-order valence-corrected chi connectivity index (χ1v) is 10.1. The zero-order chi connectivity index (χ0) is 20.0. The topological polar surface area (TPSA) is 71.0 Å². The van der Waals surface area contributed by atoms with Crippen molar-refractivity contribution in [1.82, 2.24) is 19.7 Å². The highest BCUT2D eigenvalue weighted by Crippen LogP contribution is 2.32. The lowest BCUT2D eigenvalue weighted by Gasteiger charge is -2.27. The predicted octanol–water partition coefficient (Wildman–Crippen LogP) is 3.67. The molecule has 1 amide bonds. The summed E-state index contributed by atoms with van der Waals surface area (Å²) < 4.78 is 2.28. The lowest BCUT2D eigenvalue weighted by molar-refractivity contribution is 0.0727. The number of para-hydroxylation sites is 2. The number of halogens is 1. The van der Waals surface area contributed by atoms with Crippen LogP contribution in [-0.4, -0.2) is 32.1 Å². The fourth-order valence-electron chi connectivity index (χ4n) is 3.82. The van der Waals surface area contributed by atoms with Gasteiger partial charge in [0.15, 0.2) is 0 Å². The SMILES string of the molecule is O=C(c1ccc(=O)n(-c2ccccc2)n1)N1CCc2[nH]c3c(Br)cccc3c2C1. The van der Waals surface area contributed by atoms with Crippen LogP contribution in [0.4, 0.5) is 0 Å². The molecule has 1 aliphatic rings. The van der Waals surface area contributed by atoms with Gasteiger partial charge in [0.2, 0.25) is 0 Å². The average molecular weight is 449 g/mol. The van der Waals surface area contributed by atoms with Gasteiger partial charge < -0.3 is 9.88 Å². The molecule has 0 unspecified atom stereocenters. The van der Waals surface area contributed by atoms with Crippen LogP contribution in [0.15, 0.2) is 69.9 Å². The summed E-state index contributed by atoms with van der Waals surface area (Å²) in [5.74, 6) is -0.176. The molecule has 0 saturated heterocycles. The molecule has 0 radical (unpaired) electrons. The van der Waals surface area contributed by atoms with E-state index in [9.17, 15) is 9.59 Å². The summed E-state index contributed by atoms with van der Waals surface area (Å²) in [6.45, 7) is 1.11. The van der Waals surface area contributed by atoms with Gasteiger partial charge in [0.25, 0.3) is 11.5 Å². The number of amides is 1. The highest BCUT2D eigenvalue weighted by Gasteiger charge is 2.26. The van der Waals surface area contributed by atoms with Gasteiger partial charge >= 0.3 is 0 Å². The van der Waals surface area contributed by atoms with Crippen LogP contribution in [0.2, 0.25) is 0 Å². The largest absolute Gasteiger partial charge is 0.357 e. The normalized spacial score (nSPS) is 13.5. The van der Waals surface area contributed by atoms with Gasteiger partial charge in [0.1, 0.15) is 5.69 Å². The molecule has 0 bridgehead atoms. The maximum absolute atomic E-state index is 13.2. The Morgan fingerprint density at radius 1 is 1.03 bits per heavy atom. The zero-order valence-electron chi connectivity index (χ0n) is 15.4. The number of H-pyrrole nitrogens is 1. The Bertz CT molecular complexity index is 1290. The van der Waals surface area contributed by atoms with Crippen LogP contribution in [-0.2, 0) is 13.0 Å². The van der Waals surface area contributed by atoms with E-state index in [1.54, 1.807) is 17.0 Å². The Hall–Kier alpha value is -3.19. The van der Waals surface area contributed by atoms with Gasteiger partial charge in [-0.2, -0.15) is 9.78 Å². The summed E-state index contributed by atoms with van der Waals surface area (Å²) in [6.07, 6.45) is 0.751. The lowest BCUT2D eigenvalue weighted by Crippen LogP contribution is -2.37. The van der Waals surface area contributed by atoms with E-state index in [2.05, 4.69) is 32.1 Å². The molecule has 3 heterocycles. The number of rotatable bonds is 2. The van der Waals surface area contributed by atoms with Crippen LogP contribution in [0.1, 0.15) is 21.7 Å². The van der Waals surface area contributed by atoms with E-state index < -0.39 is 0 Å². The van der Waals surface area contributed by atoms with E-state index in [0.29, 0.717) is 18.8 Å². The molecule has 144 valence electrons. The van der Waals surface area contributed by atoms with Crippen molar-refractivity contribution in [3.05, 3.63) is 92.4 Å². The number of fused-ring (bicyclic) bond motifs is 3. The van der Waals surface area contributed by atoms with E-state index in [-0.39, 0.29) is 17.2 Å². The molecule has 0 saturated carbocycles. The first-order chi connectivity index (χ1) is 14.1. The minimum absolute atomic E-state index is 0.176. The number of hydrogen-bond acceptors (Lipinski definition) is 3. The molecule has 29 heavy (non-hydrogen) atoms. The van der Waals surface area contributed by atoms with Crippen LogP contribution < -0.4 is 5.56 Å². The average Bonchev–Trinajstić information content (AvgIpc) is 3.14. The Morgan fingerprint density at radius 3 is 2.69 bits per heavy atom. The number of carbonyl (C=O) groups is 1. The summed E-state index contributed by atoms with van der Waals surface area (Å²) in [5, 5.41) is 5.45. The molecule has 0 aliphatic carbocycles. The molecule has 2 aromatic heterocycles. The van der Waals surface area contributed by atoms with Gasteiger partial charge in [0, 0.05) is 46.7 Å². The third-order valence-electron chi connectivity index (χ3n) is 5.27. The fraction of sp³-hybridized carbons (Fsp3) is 0.136. The van der Waals surface area contributed by atoms with Gasteiger partial charge in [-0.25, -0.2) is 0 Å². The molecule has 0 fully saturated rings. The van der Waals surface area contributed by atoms with Crippen molar-refractivity contribution in [2.75, 3.05) is 6.54 Å². The quantitative estimate of drug-likeness (QED) is 0.508. The molecular weight excluding hydrogens is 432 g/mol. The highest BCUT2D eigenvalue weighted by atomic mass is 79.9. The van der Waals surface area contributed by atoms with Crippen molar-refractivity contribution in [1.29, 1.82) is 0 Å². The summed E-state index contributed by atoms with van der Waals surface area (Å²) in [6, 6.07) is 18.1. The van der Waals surface area contributed by atoms with E-state index in [1.807, 2.05) is 30.3 Å². The summed E-state index contributed by atoms with van der Waals surface area (Å²) in [7, 11) is 0. The third kappa shape index (κ3) is 3.07. The van der Waals surface area contributed by atoms with Crippen LogP contribution in [0.5, 0.6) is 0 Å². The third-order valence-corrected chi connectivity index (χ3v) is 5.93. The Morgan fingerprint density at radius 2 is 1.86 bits per heavy atom. The van der Waals surface area contributed by atoms with E-state index >= 15 is 0 Å². The minimum atomic E-state index is -0.268. The molecule has 1 aliphatic heterocycles. The van der Waals surface area contributed by atoms with Crippen molar-refractivity contribution in [3.8, 4) is 5.69 Å². The standard InChI is InChI=1S/C22H17BrN4O2/c23-17-8-4-7-15-16-13-26(12-11-18(16)24-21(15)17)22(29)19-9-10-20(28)27(25-19)14-5-2-1-3-6-14/h1-10,24H,11-13H2. The molecule has 5 rings (SSSR count). The summed E-state index contributed by atoms with van der Waals surface area (Å²) >= 11 is 3.59. The molecule has 4 aromatic rings. The predicted molar refractivity (Wildman–Crippen MR) is 114 cm³/mol. The van der Waals surface area contributed by atoms with E-state index in [4.69, 9.17) is 0 Å². The van der Waals surface area contributed by atoms with Gasteiger partial charge in [-0.3, -0.25) is 9.59 Å². The van der Waals surface area contributed by atoms with E-state index in [1.165, 1.54) is 16.8 Å². The molecule has 1 N–H and O–H groups in total. The number of aromatic amines is 1. The van der Waals surface area contributed by atoms with Crippen molar-refractivity contribution in [2.24, 2.45) is 0 Å². The van der Waals surface area contributed by atoms with Gasteiger partial charge in [0.05, 0.1) is 11.2 Å². The number of aromatic nitrogens is 3. The number of benzene rings is 2. The van der Waals surface area contributed by atoms with Crippen LogP contribution in [0.25, 0.3) is 16.6 Å². The number of hydrogen-bond donors (Lipinski definition) is 1. The summed E-state index contributed by atoms with van der Waals surface area (Å²) in [4.78, 5) is 30.7. The van der Waals surface area contributed by atoms with Gasteiger partial charge in [-0.15, -0.1) is 0 Å². The first kappa shape index (κ1) is 17.9. The summed E-state index contributed by atoms with van der Waals surface area (Å²) in [5.41, 5.74) is 3.99. The number of carbonyl (C=O) groups excluding carboxylic acids is 1.